The molecule has 122 valence electrons. The normalized spacial score (nSPS) is 22.0. The van der Waals surface area contributed by atoms with Crippen LogP contribution in [-0.2, 0) is 19.6 Å². The van der Waals surface area contributed by atoms with Crippen molar-refractivity contribution in [1.82, 2.24) is 9.71 Å². The minimum atomic E-state index is -3.78. The maximum absolute atomic E-state index is 12.1. The zero-order valence-electron chi connectivity index (χ0n) is 12.8. The number of esters is 1. The predicted molar refractivity (Wildman–Crippen MR) is 79.7 cm³/mol. The Morgan fingerprint density at radius 1 is 1.32 bits per heavy atom. The number of ether oxygens (including phenoxy) is 1. The van der Waals surface area contributed by atoms with Crippen LogP contribution in [0.25, 0.3) is 0 Å². The topological polar surface area (TPSA) is 105 Å². The van der Waals surface area contributed by atoms with Gasteiger partial charge in [0.25, 0.3) is 10.0 Å². The average Bonchev–Trinajstić information content (AvgIpc) is 2.31. The molecule has 0 unspecified atom stereocenters. The van der Waals surface area contributed by atoms with E-state index in [0.29, 0.717) is 12.8 Å². The van der Waals surface area contributed by atoms with Gasteiger partial charge in [0.05, 0.1) is 5.92 Å². The van der Waals surface area contributed by atoms with Gasteiger partial charge in [-0.15, -0.1) is 0 Å². The van der Waals surface area contributed by atoms with Crippen LogP contribution in [0.15, 0.2) is 28.0 Å². The predicted octanol–water partition coefficient (Wildman–Crippen LogP) is 0.773. The summed E-state index contributed by atoms with van der Waals surface area (Å²) >= 11 is 0. The van der Waals surface area contributed by atoms with Crippen LogP contribution in [0.1, 0.15) is 33.6 Å². The molecule has 0 aromatic carbocycles. The highest BCUT2D eigenvalue weighted by Gasteiger charge is 2.39. The van der Waals surface area contributed by atoms with Crippen molar-refractivity contribution in [2.75, 3.05) is 0 Å². The Balaban J connectivity index is 1.92. The molecule has 0 spiro atoms. The fraction of sp³-hybridized carbons (Fsp3) is 0.571. The van der Waals surface area contributed by atoms with Crippen LogP contribution in [0, 0.1) is 5.92 Å². The molecule has 0 aliphatic heterocycles. The van der Waals surface area contributed by atoms with E-state index < -0.39 is 21.2 Å². The first kappa shape index (κ1) is 16.7. The van der Waals surface area contributed by atoms with Crippen molar-refractivity contribution in [3.05, 3.63) is 28.6 Å². The first-order valence-electron chi connectivity index (χ1n) is 7.01. The first-order valence-corrected chi connectivity index (χ1v) is 8.50. The van der Waals surface area contributed by atoms with Gasteiger partial charge in [-0.05, 0) is 39.7 Å². The van der Waals surface area contributed by atoms with Crippen LogP contribution in [0.3, 0.4) is 0 Å². The van der Waals surface area contributed by atoms with Gasteiger partial charge in [0.15, 0.2) is 5.03 Å². The van der Waals surface area contributed by atoms with Gasteiger partial charge in [0, 0.05) is 12.1 Å². The minimum Gasteiger partial charge on any atom is -0.460 e. The Morgan fingerprint density at radius 2 is 1.95 bits per heavy atom. The Kier molecular flexibility index (Phi) is 4.44. The second kappa shape index (κ2) is 5.85. The number of carbonyl (C=O) groups excluding carboxylic acids is 1. The summed E-state index contributed by atoms with van der Waals surface area (Å²) in [6.07, 6.45) is 0.788. The van der Waals surface area contributed by atoms with Crippen molar-refractivity contribution in [2.24, 2.45) is 5.92 Å². The van der Waals surface area contributed by atoms with Gasteiger partial charge < -0.3 is 9.72 Å². The minimum absolute atomic E-state index is 0.180. The molecule has 1 aromatic heterocycles. The number of carbonyl (C=O) groups is 1. The molecule has 0 radical (unpaired) electrons. The number of hydrogen-bond donors (Lipinski definition) is 2. The standard InChI is InChI=1S/C14H20N2O5S/c1-14(2,3)21-13(18)9-7-10(8-9)16-22(19,20)12-6-4-5-11(17)15-12/h4-6,9-10,16H,7-8H2,1-3H3,(H,15,17). The second-order valence-electron chi connectivity index (χ2n) is 6.40. The highest BCUT2D eigenvalue weighted by atomic mass is 32.2. The van der Waals surface area contributed by atoms with Gasteiger partial charge in [0.2, 0.25) is 5.56 Å². The van der Waals surface area contributed by atoms with Crippen LogP contribution < -0.4 is 10.3 Å². The Bertz CT molecular complexity index is 711. The highest BCUT2D eigenvalue weighted by Crippen LogP contribution is 2.30. The lowest BCUT2D eigenvalue weighted by atomic mass is 9.81. The Labute approximate surface area is 129 Å². The van der Waals surface area contributed by atoms with E-state index in [1.54, 1.807) is 20.8 Å². The van der Waals surface area contributed by atoms with Crippen molar-refractivity contribution >= 4 is 16.0 Å². The largest absolute Gasteiger partial charge is 0.460 e. The lowest BCUT2D eigenvalue weighted by Gasteiger charge is -2.35. The number of H-pyrrole nitrogens is 1. The molecule has 1 aromatic rings. The van der Waals surface area contributed by atoms with Gasteiger partial charge in [-0.1, -0.05) is 6.07 Å². The summed E-state index contributed by atoms with van der Waals surface area (Å²) in [4.78, 5) is 25.3. The third-order valence-corrected chi connectivity index (χ3v) is 4.69. The van der Waals surface area contributed by atoms with Gasteiger partial charge in [-0.25, -0.2) is 13.1 Å². The molecule has 1 saturated carbocycles. The lowest BCUT2D eigenvalue weighted by Crippen LogP contribution is -2.48. The lowest BCUT2D eigenvalue weighted by molar-refractivity contribution is -0.163. The van der Waals surface area contributed by atoms with Crippen LogP contribution in [-0.4, -0.2) is 31.0 Å². The fourth-order valence-corrected chi connectivity index (χ4v) is 3.41. The molecule has 0 saturated heterocycles. The van der Waals surface area contributed by atoms with Crippen molar-refractivity contribution in [3.63, 3.8) is 0 Å². The van der Waals surface area contributed by atoms with E-state index in [1.807, 2.05) is 0 Å². The number of aromatic amines is 1. The highest BCUT2D eigenvalue weighted by molar-refractivity contribution is 7.89. The molecule has 7 nitrogen and oxygen atoms in total. The van der Waals surface area contributed by atoms with E-state index in [4.69, 9.17) is 4.74 Å². The van der Waals surface area contributed by atoms with Crippen LogP contribution >= 0.6 is 0 Å². The molecule has 0 atom stereocenters. The third kappa shape index (κ3) is 4.17. The van der Waals surface area contributed by atoms with E-state index in [-0.39, 0.29) is 23.0 Å². The van der Waals surface area contributed by atoms with E-state index in [9.17, 15) is 18.0 Å². The molecule has 2 rings (SSSR count). The van der Waals surface area contributed by atoms with E-state index in [2.05, 4.69) is 9.71 Å². The zero-order valence-corrected chi connectivity index (χ0v) is 13.6. The number of hydrogen-bond acceptors (Lipinski definition) is 5. The number of pyridine rings is 1. The number of sulfonamides is 1. The van der Waals surface area contributed by atoms with Crippen molar-refractivity contribution < 1.29 is 17.9 Å². The van der Waals surface area contributed by atoms with E-state index >= 15 is 0 Å². The number of nitrogens with one attached hydrogen (secondary N) is 2. The Morgan fingerprint density at radius 3 is 2.50 bits per heavy atom. The third-order valence-electron chi connectivity index (χ3n) is 3.23. The van der Waals surface area contributed by atoms with Crippen LogP contribution in [0.4, 0.5) is 0 Å². The van der Waals surface area contributed by atoms with Crippen molar-refractivity contribution in [3.8, 4) is 0 Å². The summed E-state index contributed by atoms with van der Waals surface area (Å²) in [6.45, 7) is 5.36. The van der Waals surface area contributed by atoms with Gasteiger partial charge in [0.1, 0.15) is 5.60 Å². The van der Waals surface area contributed by atoms with Gasteiger partial charge in [-0.2, -0.15) is 0 Å². The SMILES string of the molecule is CC(C)(C)OC(=O)C1CC(NS(=O)(=O)c2cccc(=O)[nH]2)C1. The quantitative estimate of drug-likeness (QED) is 0.794. The summed E-state index contributed by atoms with van der Waals surface area (Å²) in [5.74, 6) is -0.599. The van der Waals surface area contributed by atoms with Crippen LogP contribution in [0.5, 0.6) is 0 Å². The summed E-state index contributed by atoms with van der Waals surface area (Å²) in [5.41, 5.74) is -1.03. The van der Waals surface area contributed by atoms with Gasteiger partial charge in [-0.3, -0.25) is 9.59 Å². The van der Waals surface area contributed by atoms with Crippen molar-refractivity contribution in [1.29, 1.82) is 0 Å². The zero-order chi connectivity index (χ0) is 16.5. The smallest absolute Gasteiger partial charge is 0.309 e. The molecular formula is C14H20N2O5S. The van der Waals surface area contributed by atoms with Crippen LogP contribution in [0.2, 0.25) is 0 Å². The molecule has 2 N–H and O–H groups in total. The fourth-order valence-electron chi connectivity index (χ4n) is 2.16. The van der Waals surface area contributed by atoms with Crippen molar-refractivity contribution in [2.45, 2.75) is 50.3 Å². The molecule has 22 heavy (non-hydrogen) atoms. The molecule has 1 fully saturated rings. The maximum Gasteiger partial charge on any atom is 0.309 e. The summed E-state index contributed by atoms with van der Waals surface area (Å²) in [6, 6.07) is 3.60. The van der Waals surface area contributed by atoms with E-state index in [1.165, 1.54) is 18.2 Å². The van der Waals surface area contributed by atoms with E-state index in [0.717, 1.165) is 0 Å². The summed E-state index contributed by atoms with van der Waals surface area (Å²) in [7, 11) is -3.78. The molecular weight excluding hydrogens is 308 g/mol. The molecule has 1 aliphatic rings. The Hall–Kier alpha value is -1.67. The van der Waals surface area contributed by atoms with Gasteiger partial charge >= 0.3 is 5.97 Å². The molecule has 8 heteroatoms. The maximum atomic E-state index is 12.1. The number of rotatable bonds is 4. The molecule has 1 aliphatic carbocycles. The average molecular weight is 328 g/mol. The molecule has 0 bridgehead atoms. The molecule has 0 amide bonds. The monoisotopic (exact) mass is 328 g/mol. The summed E-state index contributed by atoms with van der Waals surface area (Å²) in [5, 5.41) is -0.180. The second-order valence-corrected chi connectivity index (χ2v) is 8.08. The summed E-state index contributed by atoms with van der Waals surface area (Å²) < 4.78 is 31.9. The first-order chi connectivity index (χ1) is 10.1. The molecule has 1 heterocycles. The number of aromatic nitrogens is 1.